The lowest BCUT2D eigenvalue weighted by atomic mass is 10.2. The molecule has 1 aromatic carbocycles. The van der Waals surface area contributed by atoms with Gasteiger partial charge in [-0.2, -0.15) is 0 Å². The molecule has 0 N–H and O–H groups in total. The second kappa shape index (κ2) is 5.75. The van der Waals surface area contributed by atoms with Crippen LogP contribution >= 0.6 is 22.6 Å². The molecule has 0 saturated heterocycles. The third-order valence-electron chi connectivity index (χ3n) is 1.89. The van der Waals surface area contributed by atoms with E-state index in [0.29, 0.717) is 11.3 Å². The molecule has 0 heterocycles. The van der Waals surface area contributed by atoms with Gasteiger partial charge in [-0.3, -0.25) is 0 Å². The lowest BCUT2D eigenvalue weighted by Gasteiger charge is -2.12. The molecular weight excluding hydrogens is 319 g/mol. The van der Waals surface area contributed by atoms with E-state index in [4.69, 9.17) is 11.2 Å². The Labute approximate surface area is 108 Å². The molecule has 0 aliphatic carbocycles. The minimum atomic E-state index is -0.433. The molecule has 0 bridgehead atoms. The highest BCUT2D eigenvalue weighted by Crippen LogP contribution is 2.23. The number of benzene rings is 1. The molecule has 0 saturated carbocycles. The number of carbonyl (C=O) groups is 1. The first-order chi connectivity index (χ1) is 7.58. The summed E-state index contributed by atoms with van der Waals surface area (Å²) >= 11 is 2.11. The summed E-state index contributed by atoms with van der Waals surface area (Å²) in [5, 5.41) is 0. The lowest BCUT2D eigenvalue weighted by molar-refractivity contribution is 0.0595. The van der Waals surface area contributed by atoms with E-state index in [1.807, 2.05) is 6.07 Å². The zero-order valence-corrected chi connectivity index (χ0v) is 11.1. The van der Waals surface area contributed by atoms with Crippen LogP contribution < -0.4 is 4.74 Å². The van der Waals surface area contributed by atoms with Crippen molar-refractivity contribution in [2.45, 2.75) is 13.0 Å². The summed E-state index contributed by atoms with van der Waals surface area (Å²) in [6.07, 6.45) is 4.83. The van der Waals surface area contributed by atoms with Crippen molar-refractivity contribution in [3.8, 4) is 18.1 Å². The normalized spacial score (nSPS) is 11.4. The summed E-state index contributed by atoms with van der Waals surface area (Å²) in [4.78, 5) is 11.5. The maximum atomic E-state index is 11.5. The predicted octanol–water partition coefficient (Wildman–Crippen LogP) is 2.48. The highest BCUT2D eigenvalue weighted by molar-refractivity contribution is 14.1. The Bertz CT molecular complexity index is 434. The molecule has 1 atom stereocenters. The van der Waals surface area contributed by atoms with Gasteiger partial charge in [0.25, 0.3) is 0 Å². The fourth-order valence-corrected chi connectivity index (χ4v) is 1.59. The third kappa shape index (κ3) is 3.14. The van der Waals surface area contributed by atoms with Gasteiger partial charge in [-0.15, -0.1) is 6.42 Å². The van der Waals surface area contributed by atoms with E-state index in [0.717, 1.165) is 3.57 Å². The third-order valence-corrected chi connectivity index (χ3v) is 2.56. The molecule has 0 aliphatic rings. The van der Waals surface area contributed by atoms with E-state index < -0.39 is 5.97 Å². The predicted molar refractivity (Wildman–Crippen MR) is 69.4 cm³/mol. The fourth-order valence-electron chi connectivity index (χ4n) is 1.10. The molecule has 0 fully saturated rings. The maximum absolute atomic E-state index is 11.5. The summed E-state index contributed by atoms with van der Waals surface area (Å²) in [6, 6.07) is 5.25. The highest BCUT2D eigenvalue weighted by Gasteiger charge is 2.14. The van der Waals surface area contributed by atoms with Crippen molar-refractivity contribution in [2.75, 3.05) is 7.11 Å². The van der Waals surface area contributed by atoms with Gasteiger partial charge >= 0.3 is 5.97 Å². The molecule has 1 unspecified atom stereocenters. The van der Waals surface area contributed by atoms with Crippen LogP contribution in [0.3, 0.4) is 0 Å². The maximum Gasteiger partial charge on any atom is 0.341 e. The van der Waals surface area contributed by atoms with Crippen molar-refractivity contribution < 1.29 is 14.3 Å². The number of hydrogen-bond donors (Lipinski definition) is 0. The van der Waals surface area contributed by atoms with Gasteiger partial charge in [0.1, 0.15) is 11.3 Å². The number of carbonyl (C=O) groups excluding carboxylic acids is 1. The molecule has 0 spiro atoms. The summed E-state index contributed by atoms with van der Waals surface area (Å²) in [5.41, 5.74) is 0.386. The van der Waals surface area contributed by atoms with Gasteiger partial charge in [-0.25, -0.2) is 4.79 Å². The Morgan fingerprint density at radius 3 is 2.81 bits per heavy atom. The zero-order valence-electron chi connectivity index (χ0n) is 8.99. The molecule has 16 heavy (non-hydrogen) atoms. The number of ether oxygens (including phenoxy) is 2. The Kier molecular flexibility index (Phi) is 4.62. The minimum absolute atomic E-state index is 0.386. The molecule has 0 amide bonds. The quantitative estimate of drug-likeness (QED) is 0.485. The van der Waals surface area contributed by atoms with E-state index in [-0.39, 0.29) is 6.10 Å². The molecule has 0 aliphatic heterocycles. The van der Waals surface area contributed by atoms with Crippen LogP contribution in [-0.2, 0) is 4.74 Å². The average molecular weight is 330 g/mol. The molecule has 84 valence electrons. The number of halogens is 1. The Morgan fingerprint density at radius 1 is 1.56 bits per heavy atom. The number of esters is 1. The summed E-state index contributed by atoms with van der Waals surface area (Å²) in [6.45, 7) is 1.74. The van der Waals surface area contributed by atoms with Crippen LogP contribution in [0.15, 0.2) is 18.2 Å². The molecule has 0 aromatic heterocycles. The van der Waals surface area contributed by atoms with E-state index in [1.54, 1.807) is 19.1 Å². The van der Waals surface area contributed by atoms with E-state index in [2.05, 4.69) is 33.2 Å². The van der Waals surface area contributed by atoms with Gasteiger partial charge in [-0.1, -0.05) is 5.92 Å². The number of rotatable bonds is 3. The average Bonchev–Trinajstić information content (AvgIpc) is 2.30. The van der Waals surface area contributed by atoms with Crippen LogP contribution in [0.1, 0.15) is 17.3 Å². The zero-order chi connectivity index (χ0) is 12.1. The SMILES string of the molecule is C#CC(C)Oc1ccc(I)cc1C(=O)OC. The van der Waals surface area contributed by atoms with Crippen LogP contribution in [0.25, 0.3) is 0 Å². The van der Waals surface area contributed by atoms with Crippen molar-refractivity contribution in [2.24, 2.45) is 0 Å². The Balaban J connectivity index is 3.08. The fraction of sp³-hybridized carbons (Fsp3) is 0.250. The van der Waals surface area contributed by atoms with Crippen molar-refractivity contribution >= 4 is 28.6 Å². The minimum Gasteiger partial charge on any atom is -0.477 e. The second-order valence-corrected chi connectivity index (χ2v) is 4.30. The largest absolute Gasteiger partial charge is 0.477 e. The molecule has 1 rings (SSSR count). The monoisotopic (exact) mass is 330 g/mol. The number of methoxy groups -OCH3 is 1. The van der Waals surface area contributed by atoms with Crippen molar-refractivity contribution in [1.29, 1.82) is 0 Å². The molecule has 4 heteroatoms. The van der Waals surface area contributed by atoms with E-state index in [1.165, 1.54) is 7.11 Å². The van der Waals surface area contributed by atoms with Gasteiger partial charge in [0.15, 0.2) is 6.10 Å². The van der Waals surface area contributed by atoms with E-state index >= 15 is 0 Å². The lowest BCUT2D eigenvalue weighted by Crippen LogP contribution is -2.12. The smallest absolute Gasteiger partial charge is 0.341 e. The van der Waals surface area contributed by atoms with Crippen LogP contribution in [0.5, 0.6) is 5.75 Å². The van der Waals surface area contributed by atoms with Crippen molar-refractivity contribution in [3.63, 3.8) is 0 Å². The summed E-state index contributed by atoms with van der Waals surface area (Å²) in [5.74, 6) is 2.45. The number of hydrogen-bond acceptors (Lipinski definition) is 3. The first-order valence-corrected chi connectivity index (χ1v) is 5.67. The van der Waals surface area contributed by atoms with Gasteiger partial charge in [0.05, 0.1) is 7.11 Å². The highest BCUT2D eigenvalue weighted by atomic mass is 127. The standard InChI is InChI=1S/C12H11IO3/c1-4-8(2)16-11-6-5-9(13)7-10(11)12(14)15-3/h1,5-8H,2-3H3. The summed E-state index contributed by atoms with van der Waals surface area (Å²) < 4.78 is 11.0. The van der Waals surface area contributed by atoms with Crippen LogP contribution in [-0.4, -0.2) is 19.2 Å². The van der Waals surface area contributed by atoms with E-state index in [9.17, 15) is 4.79 Å². The first kappa shape index (κ1) is 12.8. The molecule has 3 nitrogen and oxygen atoms in total. The molecule has 1 aromatic rings. The Morgan fingerprint density at radius 2 is 2.25 bits per heavy atom. The van der Waals surface area contributed by atoms with Gasteiger partial charge in [0.2, 0.25) is 0 Å². The molecular formula is C12H11IO3. The Hall–Kier alpha value is -1.22. The first-order valence-electron chi connectivity index (χ1n) is 4.59. The van der Waals surface area contributed by atoms with Crippen LogP contribution in [0, 0.1) is 15.9 Å². The van der Waals surface area contributed by atoms with Crippen LogP contribution in [0.2, 0.25) is 0 Å². The van der Waals surface area contributed by atoms with Crippen molar-refractivity contribution in [3.05, 3.63) is 27.3 Å². The van der Waals surface area contributed by atoms with Crippen LogP contribution in [0.4, 0.5) is 0 Å². The van der Waals surface area contributed by atoms with Gasteiger partial charge in [-0.05, 0) is 47.7 Å². The molecule has 0 radical (unpaired) electrons. The number of terminal acetylenes is 1. The van der Waals surface area contributed by atoms with Gasteiger partial charge in [0, 0.05) is 3.57 Å². The van der Waals surface area contributed by atoms with Gasteiger partial charge < -0.3 is 9.47 Å². The summed E-state index contributed by atoms with van der Waals surface area (Å²) in [7, 11) is 1.33. The van der Waals surface area contributed by atoms with Crippen molar-refractivity contribution in [1.82, 2.24) is 0 Å². The topological polar surface area (TPSA) is 35.5 Å². The second-order valence-electron chi connectivity index (χ2n) is 3.06.